The molecular weight excluding hydrogens is 360 g/mol. The lowest BCUT2D eigenvalue weighted by Crippen LogP contribution is -2.28. The van der Waals surface area contributed by atoms with Crippen molar-refractivity contribution in [3.05, 3.63) is 57.7 Å². The van der Waals surface area contributed by atoms with E-state index in [4.69, 9.17) is 4.98 Å². The molecule has 7 heteroatoms. The van der Waals surface area contributed by atoms with Crippen LogP contribution in [0.2, 0.25) is 0 Å². The van der Waals surface area contributed by atoms with E-state index in [2.05, 4.69) is 10.3 Å². The molecule has 0 radical (unpaired) electrons. The van der Waals surface area contributed by atoms with Gasteiger partial charge in [-0.2, -0.15) is 0 Å². The number of carbonyl (C=O) groups is 2. The number of likely N-dealkylation sites (tertiary alicyclic amines) is 1. The van der Waals surface area contributed by atoms with Crippen molar-refractivity contribution in [1.29, 1.82) is 0 Å². The number of hydrogen-bond acceptors (Lipinski definition) is 5. The van der Waals surface area contributed by atoms with Gasteiger partial charge in [0.15, 0.2) is 0 Å². The fourth-order valence-corrected chi connectivity index (χ4v) is 4.33. The molecule has 2 aromatic heterocycles. The Kier molecular flexibility index (Phi) is 4.61. The van der Waals surface area contributed by atoms with E-state index in [0.29, 0.717) is 23.5 Å². The highest BCUT2D eigenvalue weighted by Gasteiger charge is 2.31. The van der Waals surface area contributed by atoms with Crippen LogP contribution in [0.4, 0.5) is 0 Å². The van der Waals surface area contributed by atoms with Gasteiger partial charge >= 0.3 is 0 Å². The summed E-state index contributed by atoms with van der Waals surface area (Å²) >= 11 is 1.38. The Labute approximate surface area is 161 Å². The first-order chi connectivity index (χ1) is 13.1. The van der Waals surface area contributed by atoms with Crippen LogP contribution >= 0.6 is 11.3 Å². The van der Waals surface area contributed by atoms with Crippen LogP contribution in [-0.2, 0) is 0 Å². The maximum absolute atomic E-state index is 12.8. The lowest BCUT2D eigenvalue weighted by molar-refractivity contribution is 0.0794. The topological polar surface area (TPSA) is 75.2 Å². The number of aryl methyl sites for hydroxylation is 1. The second kappa shape index (κ2) is 7.08. The number of para-hydroxylation sites is 1. The Bertz CT molecular complexity index is 1030. The molecule has 1 atom stereocenters. The maximum Gasteiger partial charge on any atom is 0.265 e. The normalized spacial score (nSPS) is 16.7. The van der Waals surface area contributed by atoms with E-state index in [1.807, 2.05) is 42.2 Å². The quantitative estimate of drug-likeness (QED) is 0.758. The predicted molar refractivity (Wildman–Crippen MR) is 105 cm³/mol. The fourth-order valence-electron chi connectivity index (χ4n) is 3.56. The third-order valence-electron chi connectivity index (χ3n) is 5.04. The molecule has 4 rings (SSSR count). The van der Waals surface area contributed by atoms with Gasteiger partial charge in [0.25, 0.3) is 11.8 Å². The van der Waals surface area contributed by atoms with Gasteiger partial charge in [-0.25, -0.2) is 4.98 Å². The van der Waals surface area contributed by atoms with Gasteiger partial charge < -0.3 is 10.2 Å². The van der Waals surface area contributed by atoms with Crippen molar-refractivity contribution in [3.63, 3.8) is 0 Å². The molecule has 1 saturated heterocycles. The maximum atomic E-state index is 12.8. The molecule has 1 aromatic carbocycles. The lowest BCUT2D eigenvalue weighted by atomic mass is 9.99. The molecule has 1 fully saturated rings. The summed E-state index contributed by atoms with van der Waals surface area (Å²) in [6, 6.07) is 9.53. The molecule has 2 amide bonds. The number of aromatic nitrogens is 2. The Morgan fingerprint density at radius 2 is 2.11 bits per heavy atom. The van der Waals surface area contributed by atoms with E-state index >= 15 is 0 Å². The largest absolute Gasteiger partial charge is 0.355 e. The molecule has 1 aliphatic heterocycles. The van der Waals surface area contributed by atoms with Crippen LogP contribution in [0.15, 0.2) is 35.8 Å². The first-order valence-electron chi connectivity index (χ1n) is 8.89. The molecule has 27 heavy (non-hydrogen) atoms. The molecule has 1 unspecified atom stereocenters. The summed E-state index contributed by atoms with van der Waals surface area (Å²) in [5.41, 5.74) is 4.78. The summed E-state index contributed by atoms with van der Waals surface area (Å²) in [6.45, 7) is 3.15. The van der Waals surface area contributed by atoms with Crippen LogP contribution in [0.5, 0.6) is 0 Å². The molecule has 3 heterocycles. The monoisotopic (exact) mass is 380 g/mol. The Morgan fingerprint density at radius 3 is 2.85 bits per heavy atom. The first kappa shape index (κ1) is 17.6. The van der Waals surface area contributed by atoms with E-state index in [9.17, 15) is 9.59 Å². The molecular formula is C20H20N4O2S. The molecule has 0 saturated carbocycles. The third-order valence-corrected chi connectivity index (χ3v) is 5.96. The molecule has 1 N–H and O–H groups in total. The summed E-state index contributed by atoms with van der Waals surface area (Å²) in [4.78, 5) is 36.6. The van der Waals surface area contributed by atoms with Gasteiger partial charge in [0.1, 0.15) is 4.88 Å². The van der Waals surface area contributed by atoms with Crippen molar-refractivity contribution in [3.8, 4) is 0 Å². The Morgan fingerprint density at radius 1 is 1.30 bits per heavy atom. The van der Waals surface area contributed by atoms with Gasteiger partial charge in [0.05, 0.1) is 22.3 Å². The van der Waals surface area contributed by atoms with Gasteiger partial charge in [0.2, 0.25) is 0 Å². The number of pyridine rings is 1. The van der Waals surface area contributed by atoms with E-state index in [0.717, 1.165) is 28.7 Å². The Hall–Kier alpha value is -2.80. The second-order valence-corrected chi connectivity index (χ2v) is 7.55. The minimum atomic E-state index is -0.124. The molecule has 3 aromatic rings. The number of fused-ring (bicyclic) bond motifs is 1. The zero-order valence-electron chi connectivity index (χ0n) is 15.2. The van der Waals surface area contributed by atoms with Crippen molar-refractivity contribution >= 4 is 34.1 Å². The van der Waals surface area contributed by atoms with Crippen LogP contribution in [0.25, 0.3) is 10.9 Å². The summed E-state index contributed by atoms with van der Waals surface area (Å²) < 4.78 is 0. The number of rotatable bonds is 3. The van der Waals surface area contributed by atoms with Crippen LogP contribution in [-0.4, -0.2) is 46.8 Å². The zero-order valence-corrected chi connectivity index (χ0v) is 16.0. The van der Waals surface area contributed by atoms with Crippen LogP contribution < -0.4 is 5.32 Å². The number of benzene rings is 1. The highest BCUT2D eigenvalue weighted by atomic mass is 32.1. The summed E-state index contributed by atoms with van der Waals surface area (Å²) in [5, 5.41) is 3.55. The third kappa shape index (κ3) is 3.19. The molecule has 138 valence electrons. The molecule has 0 aliphatic carbocycles. The lowest BCUT2D eigenvalue weighted by Gasteiger charge is -2.16. The summed E-state index contributed by atoms with van der Waals surface area (Å²) in [6.07, 6.45) is 0.835. The molecule has 1 aliphatic rings. The average Bonchev–Trinajstić information content (AvgIpc) is 3.35. The van der Waals surface area contributed by atoms with Crippen molar-refractivity contribution < 1.29 is 9.59 Å². The summed E-state index contributed by atoms with van der Waals surface area (Å²) in [7, 11) is 1.63. The SMILES string of the molecule is CNC(=O)c1cc(C2CCN(C(=O)c3scnc3C)C2)nc2ccccc12. The standard InChI is InChI=1S/C20H20N4O2S/c1-12-18(27-11-22-12)20(26)24-8-7-13(10-24)17-9-15(19(25)21-2)14-5-3-4-6-16(14)23-17/h3-6,9,11,13H,7-8,10H2,1-2H3,(H,21,25). The van der Waals surface area contributed by atoms with Crippen molar-refractivity contribution in [2.24, 2.45) is 0 Å². The number of carbonyl (C=O) groups excluding carboxylic acids is 2. The van der Waals surface area contributed by atoms with Gasteiger partial charge in [0, 0.05) is 37.1 Å². The van der Waals surface area contributed by atoms with Crippen molar-refractivity contribution in [2.75, 3.05) is 20.1 Å². The zero-order chi connectivity index (χ0) is 19.0. The predicted octanol–water partition coefficient (Wildman–Crippen LogP) is 2.99. The van der Waals surface area contributed by atoms with Crippen LogP contribution in [0.3, 0.4) is 0 Å². The van der Waals surface area contributed by atoms with E-state index in [1.54, 1.807) is 12.6 Å². The average molecular weight is 380 g/mol. The number of nitrogens with one attached hydrogen (secondary N) is 1. The Balaban J connectivity index is 1.64. The van der Waals surface area contributed by atoms with Gasteiger partial charge in [-0.1, -0.05) is 18.2 Å². The van der Waals surface area contributed by atoms with Gasteiger partial charge in [-0.05, 0) is 25.5 Å². The second-order valence-electron chi connectivity index (χ2n) is 6.69. The van der Waals surface area contributed by atoms with E-state index in [1.165, 1.54) is 11.3 Å². The minimum absolute atomic E-state index is 0.0322. The fraction of sp³-hybridized carbons (Fsp3) is 0.300. The highest BCUT2D eigenvalue weighted by Crippen LogP contribution is 2.30. The number of nitrogens with zero attached hydrogens (tertiary/aromatic N) is 3. The minimum Gasteiger partial charge on any atom is -0.355 e. The van der Waals surface area contributed by atoms with Gasteiger partial charge in [-0.15, -0.1) is 11.3 Å². The van der Waals surface area contributed by atoms with Crippen molar-refractivity contribution in [2.45, 2.75) is 19.3 Å². The van der Waals surface area contributed by atoms with E-state index < -0.39 is 0 Å². The van der Waals surface area contributed by atoms with Crippen molar-refractivity contribution in [1.82, 2.24) is 20.2 Å². The van der Waals surface area contributed by atoms with Gasteiger partial charge in [-0.3, -0.25) is 14.6 Å². The van der Waals surface area contributed by atoms with E-state index in [-0.39, 0.29) is 17.7 Å². The summed E-state index contributed by atoms with van der Waals surface area (Å²) in [5.74, 6) is 0.0288. The number of hydrogen-bond donors (Lipinski definition) is 1. The number of amides is 2. The highest BCUT2D eigenvalue weighted by molar-refractivity contribution is 7.11. The molecule has 0 bridgehead atoms. The number of thiazole rings is 1. The van der Waals surface area contributed by atoms with Crippen LogP contribution in [0, 0.1) is 6.92 Å². The first-order valence-corrected chi connectivity index (χ1v) is 9.77. The smallest absolute Gasteiger partial charge is 0.265 e. The molecule has 0 spiro atoms. The molecule has 6 nitrogen and oxygen atoms in total. The van der Waals surface area contributed by atoms with Crippen LogP contribution in [0.1, 0.15) is 43.8 Å².